The Hall–Kier alpha value is -1.03. The van der Waals surface area contributed by atoms with Crippen molar-refractivity contribution in [3.8, 4) is 0 Å². The number of unbranched alkanes of at least 4 members (excludes halogenated alkanes) is 1. The number of allylic oxidation sites excluding steroid dienone is 3. The summed E-state index contributed by atoms with van der Waals surface area (Å²) in [5.74, 6) is 0. The van der Waals surface area contributed by atoms with E-state index in [2.05, 4.69) is 0 Å². The molecule has 1 aliphatic carbocycles. The van der Waals surface area contributed by atoms with Crippen molar-refractivity contribution in [1.29, 1.82) is 0 Å². The van der Waals surface area contributed by atoms with E-state index in [1.54, 1.807) is 12.2 Å². The molecule has 0 saturated carbocycles. The summed E-state index contributed by atoms with van der Waals surface area (Å²) in [6.07, 6.45) is 6.31. The number of halogens is 3. The fourth-order valence-corrected chi connectivity index (χ4v) is 1.54. The van der Waals surface area contributed by atoms with Crippen LogP contribution >= 0.6 is 0 Å². The molecule has 0 aromatic rings. The zero-order valence-electron chi connectivity index (χ0n) is 9.83. The van der Waals surface area contributed by atoms with Crippen LogP contribution < -0.4 is 0 Å². The fraction of sp³-hybridized carbons (Fsp3) is 0.538. The largest absolute Gasteiger partial charge is 0.409 e. The lowest BCUT2D eigenvalue weighted by Gasteiger charge is -2.28. The maximum absolute atomic E-state index is 12.2. The molecule has 0 saturated heterocycles. The first-order valence-electron chi connectivity index (χ1n) is 5.73. The molecule has 1 unspecified atom stereocenters. The first-order chi connectivity index (χ1) is 7.97. The predicted molar refractivity (Wildman–Crippen MR) is 61.7 cm³/mol. The van der Waals surface area contributed by atoms with E-state index in [0.29, 0.717) is 13.0 Å². The summed E-state index contributed by atoms with van der Waals surface area (Å²) < 4.78 is 42.1. The van der Waals surface area contributed by atoms with Gasteiger partial charge in [-0.2, -0.15) is 13.2 Å². The van der Waals surface area contributed by atoms with Gasteiger partial charge in [0.25, 0.3) is 0 Å². The second-order valence-corrected chi connectivity index (χ2v) is 4.02. The molecular weight excluding hydrogens is 229 g/mol. The van der Waals surface area contributed by atoms with E-state index in [4.69, 9.17) is 4.74 Å². The molecule has 0 bridgehead atoms. The number of rotatable bonds is 5. The zero-order chi connectivity index (χ0) is 12.8. The molecule has 0 N–H and O–H groups in total. The summed E-state index contributed by atoms with van der Waals surface area (Å²) in [5, 5.41) is 0. The second-order valence-electron chi connectivity index (χ2n) is 4.02. The lowest BCUT2D eigenvalue weighted by Crippen LogP contribution is -2.29. The van der Waals surface area contributed by atoms with Gasteiger partial charge in [-0.05, 0) is 18.6 Å². The maximum atomic E-state index is 12.2. The fourth-order valence-electron chi connectivity index (χ4n) is 1.54. The Kier molecular flexibility index (Phi) is 5.00. The van der Waals surface area contributed by atoms with Crippen LogP contribution in [0.4, 0.5) is 13.2 Å². The van der Waals surface area contributed by atoms with Gasteiger partial charge in [0.05, 0.1) is 0 Å². The van der Waals surface area contributed by atoms with Crippen molar-refractivity contribution in [2.24, 2.45) is 0 Å². The molecule has 0 radical (unpaired) electrons. The molecular formula is C13H17F3O. The first kappa shape index (κ1) is 14.0. The van der Waals surface area contributed by atoms with E-state index in [-0.39, 0.29) is 6.08 Å². The molecule has 0 amide bonds. The third-order valence-corrected chi connectivity index (χ3v) is 2.49. The molecule has 96 valence electrons. The Morgan fingerprint density at radius 2 is 2.12 bits per heavy atom. The molecule has 0 spiro atoms. The van der Waals surface area contributed by atoms with Crippen molar-refractivity contribution >= 4 is 0 Å². The summed E-state index contributed by atoms with van der Waals surface area (Å²) in [6.45, 7) is 2.48. The summed E-state index contributed by atoms with van der Waals surface area (Å²) in [5.41, 5.74) is -0.931. The summed E-state index contributed by atoms with van der Waals surface area (Å²) in [6, 6.07) is 0. The van der Waals surface area contributed by atoms with Crippen molar-refractivity contribution in [3.05, 3.63) is 36.5 Å². The highest BCUT2D eigenvalue weighted by molar-refractivity contribution is 5.25. The van der Waals surface area contributed by atoms with Gasteiger partial charge in [-0.1, -0.05) is 31.6 Å². The molecule has 1 aliphatic rings. The quantitative estimate of drug-likeness (QED) is 0.522. The van der Waals surface area contributed by atoms with Crippen molar-refractivity contribution in [2.75, 3.05) is 6.61 Å². The zero-order valence-corrected chi connectivity index (χ0v) is 9.83. The van der Waals surface area contributed by atoms with Crippen LogP contribution in [-0.2, 0) is 4.74 Å². The third-order valence-electron chi connectivity index (χ3n) is 2.49. The number of hydrogen-bond donors (Lipinski definition) is 0. The van der Waals surface area contributed by atoms with Gasteiger partial charge in [0.1, 0.15) is 5.60 Å². The molecule has 0 aromatic carbocycles. The highest BCUT2D eigenvalue weighted by Crippen LogP contribution is 2.27. The Labute approximate surface area is 99.7 Å². The predicted octanol–water partition coefficient (Wildman–Crippen LogP) is 4.18. The molecule has 1 rings (SSSR count). The minimum absolute atomic E-state index is 0.252. The van der Waals surface area contributed by atoms with Crippen LogP contribution in [0.3, 0.4) is 0 Å². The monoisotopic (exact) mass is 246 g/mol. The van der Waals surface area contributed by atoms with Gasteiger partial charge in [0.2, 0.25) is 0 Å². The maximum Gasteiger partial charge on any atom is 0.409 e. The van der Waals surface area contributed by atoms with Gasteiger partial charge in [-0.25, -0.2) is 0 Å². The average molecular weight is 246 g/mol. The van der Waals surface area contributed by atoms with E-state index in [0.717, 1.165) is 18.9 Å². The molecule has 0 fully saturated rings. The molecule has 0 aliphatic heterocycles. The van der Waals surface area contributed by atoms with Crippen LogP contribution in [0.5, 0.6) is 0 Å². The number of alkyl halides is 3. The Morgan fingerprint density at radius 1 is 1.35 bits per heavy atom. The van der Waals surface area contributed by atoms with E-state index < -0.39 is 11.8 Å². The Morgan fingerprint density at radius 3 is 2.65 bits per heavy atom. The lowest BCUT2D eigenvalue weighted by atomic mass is 9.94. The molecule has 1 nitrogen and oxygen atoms in total. The minimum atomic E-state index is -4.30. The SMILES string of the molecule is CCCCOC1(C=CC(F)(F)F)C=CC=CC1. The van der Waals surface area contributed by atoms with E-state index in [1.807, 2.05) is 19.1 Å². The lowest BCUT2D eigenvalue weighted by molar-refractivity contribution is -0.0818. The van der Waals surface area contributed by atoms with Crippen molar-refractivity contribution < 1.29 is 17.9 Å². The van der Waals surface area contributed by atoms with Gasteiger partial charge in [-0.15, -0.1) is 0 Å². The van der Waals surface area contributed by atoms with Crippen LogP contribution in [0.2, 0.25) is 0 Å². The van der Waals surface area contributed by atoms with Gasteiger partial charge in [0.15, 0.2) is 0 Å². The normalized spacial score (nSPS) is 24.7. The highest BCUT2D eigenvalue weighted by Gasteiger charge is 2.29. The van der Waals surface area contributed by atoms with E-state index >= 15 is 0 Å². The minimum Gasteiger partial charge on any atom is -0.366 e. The van der Waals surface area contributed by atoms with Gasteiger partial charge in [0, 0.05) is 19.1 Å². The molecule has 17 heavy (non-hydrogen) atoms. The summed E-state index contributed by atoms with van der Waals surface area (Å²) >= 11 is 0. The third kappa shape index (κ3) is 5.22. The standard InChI is InChI=1S/C13H17F3O/c1-2-3-11-17-12(7-5-4-6-8-12)9-10-13(14,15)16/h4-7,9-10H,2-3,8,11H2,1H3. The number of hydrogen-bond acceptors (Lipinski definition) is 1. The van der Waals surface area contributed by atoms with Gasteiger partial charge >= 0.3 is 6.18 Å². The molecule has 0 heterocycles. The van der Waals surface area contributed by atoms with E-state index in [9.17, 15) is 13.2 Å². The molecule has 1 atom stereocenters. The van der Waals surface area contributed by atoms with Crippen LogP contribution in [0.15, 0.2) is 36.5 Å². The van der Waals surface area contributed by atoms with Crippen molar-refractivity contribution in [2.45, 2.75) is 38.0 Å². The van der Waals surface area contributed by atoms with Crippen molar-refractivity contribution in [1.82, 2.24) is 0 Å². The number of ether oxygens (including phenoxy) is 1. The summed E-state index contributed by atoms with van der Waals surface area (Å²) in [4.78, 5) is 0. The average Bonchev–Trinajstić information content (AvgIpc) is 2.28. The second kappa shape index (κ2) is 6.05. The van der Waals surface area contributed by atoms with Crippen LogP contribution in [0.1, 0.15) is 26.2 Å². The Balaban J connectivity index is 2.69. The topological polar surface area (TPSA) is 9.23 Å². The van der Waals surface area contributed by atoms with Crippen molar-refractivity contribution in [3.63, 3.8) is 0 Å². The van der Waals surface area contributed by atoms with Crippen LogP contribution in [0, 0.1) is 0 Å². The van der Waals surface area contributed by atoms with Crippen LogP contribution in [-0.4, -0.2) is 18.4 Å². The Bertz CT molecular complexity index is 315. The van der Waals surface area contributed by atoms with Gasteiger partial charge in [-0.3, -0.25) is 0 Å². The highest BCUT2D eigenvalue weighted by atomic mass is 19.4. The molecule has 4 heteroatoms. The first-order valence-corrected chi connectivity index (χ1v) is 5.73. The van der Waals surface area contributed by atoms with Gasteiger partial charge < -0.3 is 4.74 Å². The van der Waals surface area contributed by atoms with E-state index in [1.165, 1.54) is 0 Å². The molecule has 0 aromatic heterocycles. The summed E-state index contributed by atoms with van der Waals surface area (Å²) in [7, 11) is 0. The smallest absolute Gasteiger partial charge is 0.366 e. The van der Waals surface area contributed by atoms with Crippen LogP contribution in [0.25, 0.3) is 0 Å².